The van der Waals surface area contributed by atoms with Crippen LogP contribution in [0, 0.1) is 6.92 Å². The van der Waals surface area contributed by atoms with Gasteiger partial charge >= 0.3 is 0 Å². The second kappa shape index (κ2) is 6.66. The van der Waals surface area contributed by atoms with Crippen molar-refractivity contribution in [1.82, 2.24) is 14.7 Å². The van der Waals surface area contributed by atoms with Crippen molar-refractivity contribution in [2.75, 3.05) is 12.4 Å². The Morgan fingerprint density at radius 1 is 1.03 bits per heavy atom. The number of aryl methyl sites for hydroxylation is 1. The van der Waals surface area contributed by atoms with E-state index in [0.29, 0.717) is 22.5 Å². The maximum atomic E-state index is 13.1. The van der Waals surface area contributed by atoms with Gasteiger partial charge < -0.3 is 5.32 Å². The Morgan fingerprint density at radius 3 is 2.60 bits per heavy atom. The number of carbonyl (C=O) groups excluding carboxylic acids is 3. The van der Waals surface area contributed by atoms with E-state index in [1.165, 1.54) is 7.05 Å². The van der Waals surface area contributed by atoms with Gasteiger partial charge in [-0.25, -0.2) is 4.68 Å². The van der Waals surface area contributed by atoms with Crippen LogP contribution >= 0.6 is 0 Å². The number of imide groups is 1. The minimum absolute atomic E-state index is 0.302. The SMILES string of the molecule is Cc1ccccc1-n1nc(C(=O)Nc2ccc3c(c2)C(=O)N(C)C3=O)c2c1CCC2. The van der Waals surface area contributed by atoms with Gasteiger partial charge in [0.2, 0.25) is 0 Å². The topological polar surface area (TPSA) is 84.3 Å². The van der Waals surface area contributed by atoms with Crippen LogP contribution < -0.4 is 5.32 Å². The summed E-state index contributed by atoms with van der Waals surface area (Å²) < 4.78 is 1.88. The molecule has 0 saturated heterocycles. The van der Waals surface area contributed by atoms with Gasteiger partial charge in [0.15, 0.2) is 5.69 Å². The third kappa shape index (κ3) is 2.66. The molecule has 2 aliphatic rings. The Bertz CT molecular complexity index is 1240. The fraction of sp³-hybridized carbons (Fsp3) is 0.217. The minimum atomic E-state index is -0.365. The molecule has 2 heterocycles. The highest BCUT2D eigenvalue weighted by Crippen LogP contribution is 2.30. The van der Waals surface area contributed by atoms with Crippen LogP contribution in [0.2, 0.25) is 0 Å². The summed E-state index contributed by atoms with van der Waals surface area (Å²) >= 11 is 0. The second-order valence-corrected chi connectivity index (χ2v) is 7.71. The molecule has 0 fully saturated rings. The lowest BCUT2D eigenvalue weighted by molar-refractivity contribution is 0.0692. The Balaban J connectivity index is 1.49. The van der Waals surface area contributed by atoms with Gasteiger partial charge in [0.25, 0.3) is 17.7 Å². The smallest absolute Gasteiger partial charge is 0.276 e. The second-order valence-electron chi connectivity index (χ2n) is 7.71. The van der Waals surface area contributed by atoms with Crippen LogP contribution in [0.5, 0.6) is 0 Å². The first-order valence-electron chi connectivity index (χ1n) is 9.90. The Kier molecular flexibility index (Phi) is 4.06. The maximum Gasteiger partial charge on any atom is 0.276 e. The quantitative estimate of drug-likeness (QED) is 0.685. The zero-order valence-corrected chi connectivity index (χ0v) is 16.7. The molecule has 0 saturated carbocycles. The molecule has 1 N–H and O–H groups in total. The third-order valence-corrected chi connectivity index (χ3v) is 5.84. The van der Waals surface area contributed by atoms with E-state index in [1.807, 2.05) is 35.9 Å². The molecule has 3 aromatic rings. The van der Waals surface area contributed by atoms with Crippen molar-refractivity contribution in [2.24, 2.45) is 0 Å². The summed E-state index contributed by atoms with van der Waals surface area (Å²) in [7, 11) is 1.45. The van der Waals surface area contributed by atoms with Gasteiger partial charge in [-0.3, -0.25) is 19.3 Å². The molecule has 1 aromatic heterocycles. The highest BCUT2D eigenvalue weighted by molar-refractivity contribution is 6.21. The van der Waals surface area contributed by atoms with Gasteiger partial charge in [-0.05, 0) is 56.0 Å². The Morgan fingerprint density at radius 2 is 1.80 bits per heavy atom. The number of aromatic nitrogens is 2. The highest BCUT2D eigenvalue weighted by Gasteiger charge is 2.33. The van der Waals surface area contributed by atoms with Crippen molar-refractivity contribution in [2.45, 2.75) is 26.2 Å². The van der Waals surface area contributed by atoms with E-state index >= 15 is 0 Å². The lowest BCUT2D eigenvalue weighted by Gasteiger charge is -2.08. The van der Waals surface area contributed by atoms with E-state index in [1.54, 1.807) is 18.2 Å². The van der Waals surface area contributed by atoms with Crippen molar-refractivity contribution in [3.05, 3.63) is 76.1 Å². The first-order chi connectivity index (χ1) is 14.5. The molecular formula is C23H20N4O3. The fourth-order valence-electron chi connectivity index (χ4n) is 4.25. The number of hydrogen-bond acceptors (Lipinski definition) is 4. The molecule has 0 atom stereocenters. The zero-order valence-electron chi connectivity index (χ0n) is 16.7. The molecule has 150 valence electrons. The number of nitrogens with zero attached hydrogens (tertiary/aromatic N) is 3. The number of rotatable bonds is 3. The lowest BCUT2D eigenvalue weighted by atomic mass is 10.1. The van der Waals surface area contributed by atoms with Gasteiger partial charge in [0, 0.05) is 24.0 Å². The number of hydrogen-bond donors (Lipinski definition) is 1. The number of benzene rings is 2. The van der Waals surface area contributed by atoms with E-state index in [-0.39, 0.29) is 17.7 Å². The Labute approximate surface area is 173 Å². The Hall–Kier alpha value is -3.74. The molecule has 1 aliphatic carbocycles. The molecule has 3 amide bonds. The van der Waals surface area contributed by atoms with Gasteiger partial charge in [-0.1, -0.05) is 18.2 Å². The molecule has 5 rings (SSSR count). The average molecular weight is 400 g/mol. The summed E-state index contributed by atoms with van der Waals surface area (Å²) in [6.07, 6.45) is 2.68. The maximum absolute atomic E-state index is 13.1. The van der Waals surface area contributed by atoms with Crippen molar-refractivity contribution in [3.63, 3.8) is 0 Å². The van der Waals surface area contributed by atoms with Crippen molar-refractivity contribution in [1.29, 1.82) is 0 Å². The summed E-state index contributed by atoms with van der Waals surface area (Å²) in [4.78, 5) is 38.4. The summed E-state index contributed by atoms with van der Waals surface area (Å²) in [5.41, 5.74) is 5.64. The van der Waals surface area contributed by atoms with Crippen LogP contribution in [0.25, 0.3) is 5.69 Å². The van der Waals surface area contributed by atoms with E-state index in [0.717, 1.165) is 46.7 Å². The third-order valence-electron chi connectivity index (χ3n) is 5.84. The summed E-state index contributed by atoms with van der Waals surface area (Å²) in [6.45, 7) is 2.03. The van der Waals surface area contributed by atoms with E-state index in [4.69, 9.17) is 0 Å². The van der Waals surface area contributed by atoms with Gasteiger partial charge in [0.1, 0.15) is 0 Å². The molecule has 30 heavy (non-hydrogen) atoms. The molecule has 0 bridgehead atoms. The highest BCUT2D eigenvalue weighted by atomic mass is 16.2. The monoisotopic (exact) mass is 400 g/mol. The number of anilines is 1. The first-order valence-corrected chi connectivity index (χ1v) is 9.90. The summed E-state index contributed by atoms with van der Waals surface area (Å²) in [5, 5.41) is 7.50. The van der Waals surface area contributed by atoms with Crippen LogP contribution in [0.1, 0.15) is 54.4 Å². The lowest BCUT2D eigenvalue weighted by Crippen LogP contribution is -2.24. The molecule has 0 spiro atoms. The fourth-order valence-corrected chi connectivity index (χ4v) is 4.25. The molecule has 2 aromatic carbocycles. The van der Waals surface area contributed by atoms with Crippen molar-refractivity contribution < 1.29 is 14.4 Å². The summed E-state index contributed by atoms with van der Waals surface area (Å²) in [6, 6.07) is 12.7. The van der Waals surface area contributed by atoms with Crippen LogP contribution in [0.3, 0.4) is 0 Å². The minimum Gasteiger partial charge on any atom is -0.321 e. The number of nitrogens with one attached hydrogen (secondary N) is 1. The zero-order chi connectivity index (χ0) is 21.0. The van der Waals surface area contributed by atoms with Crippen LogP contribution in [0.4, 0.5) is 5.69 Å². The van der Waals surface area contributed by atoms with Crippen LogP contribution in [-0.4, -0.2) is 39.4 Å². The summed E-state index contributed by atoms with van der Waals surface area (Å²) in [5.74, 6) is -1.01. The van der Waals surface area contributed by atoms with Gasteiger partial charge in [-0.15, -0.1) is 0 Å². The molecule has 7 nitrogen and oxygen atoms in total. The van der Waals surface area contributed by atoms with Crippen molar-refractivity contribution in [3.8, 4) is 5.69 Å². The number of fused-ring (bicyclic) bond motifs is 2. The predicted octanol–water partition coefficient (Wildman–Crippen LogP) is 3.15. The van der Waals surface area contributed by atoms with Gasteiger partial charge in [0.05, 0.1) is 16.8 Å². The van der Waals surface area contributed by atoms with Gasteiger partial charge in [-0.2, -0.15) is 5.10 Å². The van der Waals surface area contributed by atoms with Crippen LogP contribution in [0.15, 0.2) is 42.5 Å². The van der Waals surface area contributed by atoms with Crippen LogP contribution in [-0.2, 0) is 12.8 Å². The first kappa shape index (κ1) is 18.3. The average Bonchev–Trinajstić information content (AvgIpc) is 3.40. The number of amides is 3. The number of carbonyl (C=O) groups is 3. The standard InChI is InChI=1S/C23H20N4O3/c1-13-6-3-4-8-18(13)27-19-9-5-7-16(19)20(25-27)21(28)24-14-10-11-15-17(12-14)23(30)26(2)22(15)29/h3-4,6,8,10-12H,5,7,9H2,1-2H3,(H,24,28). The predicted molar refractivity (Wildman–Crippen MR) is 111 cm³/mol. The molecule has 1 aliphatic heterocycles. The van der Waals surface area contributed by atoms with Crippen molar-refractivity contribution >= 4 is 23.4 Å². The molecule has 7 heteroatoms. The van der Waals surface area contributed by atoms with E-state index in [9.17, 15) is 14.4 Å². The van der Waals surface area contributed by atoms with E-state index < -0.39 is 0 Å². The molecule has 0 radical (unpaired) electrons. The molecule has 0 unspecified atom stereocenters. The normalized spacial score (nSPS) is 14.8. The largest absolute Gasteiger partial charge is 0.321 e. The molecular weight excluding hydrogens is 380 g/mol. The van der Waals surface area contributed by atoms with E-state index in [2.05, 4.69) is 10.4 Å². The number of para-hydroxylation sites is 1.